The summed E-state index contributed by atoms with van der Waals surface area (Å²) in [6.07, 6.45) is 0.861. The average molecular weight is 304 g/mol. The van der Waals surface area contributed by atoms with Gasteiger partial charge >= 0.3 is 0 Å². The predicted molar refractivity (Wildman–Crippen MR) is 87.0 cm³/mol. The van der Waals surface area contributed by atoms with Crippen molar-refractivity contribution in [3.63, 3.8) is 0 Å². The van der Waals surface area contributed by atoms with Gasteiger partial charge in [-0.15, -0.1) is 0 Å². The van der Waals surface area contributed by atoms with Crippen LogP contribution in [0.5, 0.6) is 0 Å². The smallest absolute Gasteiger partial charge is 0.123 e. The van der Waals surface area contributed by atoms with Crippen molar-refractivity contribution in [2.75, 3.05) is 0 Å². The molecular weight excluding hydrogens is 283 g/mol. The van der Waals surface area contributed by atoms with Crippen molar-refractivity contribution >= 4 is 11.8 Å². The predicted octanol–water partition coefficient (Wildman–Crippen LogP) is 4.41. The van der Waals surface area contributed by atoms with E-state index in [2.05, 4.69) is 31.0 Å². The summed E-state index contributed by atoms with van der Waals surface area (Å²) in [5.41, 5.74) is 9.50. The minimum atomic E-state index is -0.225. The monoisotopic (exact) mass is 304 g/mol. The van der Waals surface area contributed by atoms with Crippen LogP contribution in [0.15, 0.2) is 41.4 Å². The lowest BCUT2D eigenvalue weighted by Crippen LogP contribution is -2.25. The molecular formula is C17H21FN2S. The molecule has 2 atom stereocenters. The standard InChI is InChI=1S/C17H21FN2S/c1-4-15(19)17(13-5-7-14(18)8-6-13)21-16-10-11(2)9-12(3)20-16/h5-10,15,17H,4,19H2,1-3H3. The molecule has 0 aliphatic carbocycles. The number of halogens is 1. The van der Waals surface area contributed by atoms with Gasteiger partial charge < -0.3 is 5.73 Å². The Morgan fingerprint density at radius 1 is 1.19 bits per heavy atom. The molecule has 4 heteroatoms. The highest BCUT2D eigenvalue weighted by Gasteiger charge is 2.21. The Hall–Kier alpha value is -1.39. The average Bonchev–Trinajstić information content (AvgIpc) is 2.44. The molecule has 112 valence electrons. The fraction of sp³-hybridized carbons (Fsp3) is 0.353. The van der Waals surface area contributed by atoms with Gasteiger partial charge in [-0.25, -0.2) is 9.37 Å². The van der Waals surface area contributed by atoms with Gasteiger partial charge in [0.2, 0.25) is 0 Å². The molecule has 0 bridgehead atoms. The first-order chi connectivity index (χ1) is 9.99. The summed E-state index contributed by atoms with van der Waals surface area (Å²) in [4.78, 5) is 4.57. The Balaban J connectivity index is 2.30. The lowest BCUT2D eigenvalue weighted by Gasteiger charge is -2.23. The van der Waals surface area contributed by atoms with Gasteiger partial charge in [0.05, 0.1) is 10.3 Å². The zero-order valence-corrected chi connectivity index (χ0v) is 13.5. The molecule has 0 saturated heterocycles. The van der Waals surface area contributed by atoms with Crippen LogP contribution >= 0.6 is 11.8 Å². The Kier molecular flexibility index (Phi) is 5.37. The first-order valence-corrected chi connectivity index (χ1v) is 8.00. The maximum atomic E-state index is 13.1. The summed E-state index contributed by atoms with van der Waals surface area (Å²) < 4.78 is 13.1. The van der Waals surface area contributed by atoms with Gasteiger partial charge in [0.15, 0.2) is 0 Å². The third kappa shape index (κ3) is 4.29. The molecule has 2 nitrogen and oxygen atoms in total. The van der Waals surface area contributed by atoms with Crippen molar-refractivity contribution < 1.29 is 4.39 Å². The number of hydrogen-bond acceptors (Lipinski definition) is 3. The second-order valence-corrected chi connectivity index (χ2v) is 6.45. The Labute approximate surface area is 130 Å². The number of nitrogens with zero attached hydrogens (tertiary/aromatic N) is 1. The van der Waals surface area contributed by atoms with Crippen molar-refractivity contribution in [1.29, 1.82) is 0 Å². The van der Waals surface area contributed by atoms with Gasteiger partial charge in [-0.05, 0) is 55.7 Å². The van der Waals surface area contributed by atoms with Crippen molar-refractivity contribution in [3.8, 4) is 0 Å². The van der Waals surface area contributed by atoms with Crippen LogP contribution in [-0.2, 0) is 0 Å². The van der Waals surface area contributed by atoms with Crippen LogP contribution in [0.25, 0.3) is 0 Å². The maximum Gasteiger partial charge on any atom is 0.123 e. The number of rotatable bonds is 5. The lowest BCUT2D eigenvalue weighted by atomic mass is 10.0. The topological polar surface area (TPSA) is 38.9 Å². The van der Waals surface area contributed by atoms with Crippen molar-refractivity contribution in [3.05, 3.63) is 59.0 Å². The molecule has 2 rings (SSSR count). The second-order valence-electron chi connectivity index (χ2n) is 5.29. The molecule has 1 aromatic carbocycles. The number of benzene rings is 1. The highest BCUT2D eigenvalue weighted by atomic mass is 32.2. The summed E-state index contributed by atoms with van der Waals surface area (Å²) >= 11 is 1.65. The molecule has 0 saturated carbocycles. The molecule has 2 N–H and O–H groups in total. The van der Waals surface area contributed by atoms with E-state index in [0.717, 1.165) is 22.7 Å². The van der Waals surface area contributed by atoms with Crippen LogP contribution < -0.4 is 5.73 Å². The normalized spacial score (nSPS) is 14.0. The number of hydrogen-bond donors (Lipinski definition) is 1. The Bertz CT molecular complexity index is 578. The van der Waals surface area contributed by atoms with E-state index in [4.69, 9.17) is 5.73 Å². The van der Waals surface area contributed by atoms with Gasteiger partial charge in [-0.3, -0.25) is 0 Å². The molecule has 2 unspecified atom stereocenters. The minimum absolute atomic E-state index is 0.00285. The number of thioether (sulfide) groups is 1. The van der Waals surface area contributed by atoms with Crippen LogP contribution in [0.2, 0.25) is 0 Å². The van der Waals surface area contributed by atoms with E-state index in [9.17, 15) is 4.39 Å². The first kappa shape index (κ1) is 16.0. The van der Waals surface area contributed by atoms with Crippen molar-refractivity contribution in [1.82, 2.24) is 4.98 Å². The minimum Gasteiger partial charge on any atom is -0.326 e. The lowest BCUT2D eigenvalue weighted by molar-refractivity contribution is 0.617. The third-order valence-corrected chi connectivity index (χ3v) is 4.71. The van der Waals surface area contributed by atoms with Crippen LogP contribution in [-0.4, -0.2) is 11.0 Å². The highest BCUT2D eigenvalue weighted by molar-refractivity contribution is 7.99. The van der Waals surface area contributed by atoms with Crippen LogP contribution in [0.1, 0.15) is 35.4 Å². The molecule has 0 aliphatic rings. The molecule has 0 aliphatic heterocycles. The number of aryl methyl sites for hydroxylation is 2. The largest absolute Gasteiger partial charge is 0.326 e. The fourth-order valence-electron chi connectivity index (χ4n) is 2.26. The van der Waals surface area contributed by atoms with Gasteiger partial charge in [0, 0.05) is 11.7 Å². The molecule has 0 spiro atoms. The van der Waals surface area contributed by atoms with Gasteiger partial charge in [-0.1, -0.05) is 30.8 Å². The SMILES string of the molecule is CCC(N)C(Sc1cc(C)cc(C)n1)c1ccc(F)cc1. The molecule has 1 aromatic heterocycles. The zero-order valence-electron chi connectivity index (χ0n) is 12.6. The number of pyridine rings is 1. The first-order valence-electron chi connectivity index (χ1n) is 7.12. The fourth-order valence-corrected chi connectivity index (χ4v) is 3.64. The molecule has 21 heavy (non-hydrogen) atoms. The summed E-state index contributed by atoms with van der Waals surface area (Å²) in [6, 6.07) is 10.7. The summed E-state index contributed by atoms with van der Waals surface area (Å²) in [5, 5.41) is 1.04. The number of nitrogens with two attached hydrogens (primary N) is 1. The molecule has 0 amide bonds. The Morgan fingerprint density at radius 3 is 2.43 bits per heavy atom. The van der Waals surface area contributed by atoms with E-state index in [0.29, 0.717) is 0 Å². The van der Waals surface area contributed by atoms with E-state index < -0.39 is 0 Å². The highest BCUT2D eigenvalue weighted by Crippen LogP contribution is 2.37. The zero-order chi connectivity index (χ0) is 15.4. The molecule has 1 heterocycles. The number of aromatic nitrogens is 1. The van der Waals surface area contributed by atoms with E-state index in [1.807, 2.05) is 19.1 Å². The second kappa shape index (κ2) is 7.05. The van der Waals surface area contributed by atoms with E-state index in [1.54, 1.807) is 11.8 Å². The van der Waals surface area contributed by atoms with Gasteiger partial charge in [0.25, 0.3) is 0 Å². The van der Waals surface area contributed by atoms with E-state index >= 15 is 0 Å². The molecule has 0 fully saturated rings. The van der Waals surface area contributed by atoms with Crippen molar-refractivity contribution in [2.24, 2.45) is 5.73 Å². The summed E-state index contributed by atoms with van der Waals surface area (Å²) in [5.74, 6) is -0.225. The van der Waals surface area contributed by atoms with Crippen LogP contribution in [0.4, 0.5) is 4.39 Å². The molecule has 2 aromatic rings. The quantitative estimate of drug-likeness (QED) is 0.832. The van der Waals surface area contributed by atoms with Crippen LogP contribution in [0, 0.1) is 19.7 Å². The summed E-state index contributed by atoms with van der Waals surface area (Å²) in [7, 11) is 0. The van der Waals surface area contributed by atoms with Gasteiger partial charge in [0.1, 0.15) is 5.82 Å². The van der Waals surface area contributed by atoms with E-state index in [-0.39, 0.29) is 17.1 Å². The van der Waals surface area contributed by atoms with Crippen LogP contribution in [0.3, 0.4) is 0 Å². The summed E-state index contributed by atoms with van der Waals surface area (Å²) in [6.45, 7) is 6.12. The molecule has 0 radical (unpaired) electrons. The van der Waals surface area contributed by atoms with Crippen molar-refractivity contribution in [2.45, 2.75) is 43.5 Å². The van der Waals surface area contributed by atoms with E-state index in [1.165, 1.54) is 17.7 Å². The third-order valence-electron chi connectivity index (χ3n) is 3.38. The van der Waals surface area contributed by atoms with Gasteiger partial charge in [-0.2, -0.15) is 0 Å². The maximum absolute atomic E-state index is 13.1. The Morgan fingerprint density at radius 2 is 1.86 bits per heavy atom.